The van der Waals surface area contributed by atoms with Crippen molar-refractivity contribution in [1.29, 1.82) is 0 Å². The number of carbonyl (C=O) groups is 1. The maximum Gasteiger partial charge on any atom is 0.271 e. The number of aromatic nitrogens is 2. The molecular weight excluding hydrogens is 300 g/mol. The second kappa shape index (κ2) is 6.75. The first-order valence-corrected chi connectivity index (χ1v) is 7.36. The molecule has 2 rings (SSSR count). The van der Waals surface area contributed by atoms with Crippen molar-refractivity contribution in [2.45, 2.75) is 19.3 Å². The second-order valence-corrected chi connectivity index (χ2v) is 6.01. The highest BCUT2D eigenvalue weighted by Gasteiger charge is 2.23. The van der Waals surface area contributed by atoms with E-state index >= 15 is 0 Å². The smallest absolute Gasteiger partial charge is 0.271 e. The highest BCUT2D eigenvalue weighted by Crippen LogP contribution is 2.29. The molecule has 1 amide bonds. The first kappa shape index (κ1) is 16.2. The van der Waals surface area contributed by atoms with Gasteiger partial charge in [0.2, 0.25) is 0 Å². The Bertz CT molecular complexity index is 655. The minimum Gasteiger partial charge on any atom is -0.368 e. The fourth-order valence-corrected chi connectivity index (χ4v) is 2.48. The van der Waals surface area contributed by atoms with Gasteiger partial charge < -0.3 is 10.6 Å². The number of halogens is 1. The van der Waals surface area contributed by atoms with Crippen molar-refractivity contribution >= 4 is 23.3 Å². The molecule has 0 unspecified atom stereocenters. The van der Waals surface area contributed by atoms with Crippen LogP contribution in [0.25, 0.3) is 0 Å². The van der Waals surface area contributed by atoms with Crippen LogP contribution in [0, 0.1) is 0 Å². The molecule has 0 aliphatic carbocycles. The number of nitrogens with one attached hydrogen (secondary N) is 2. The van der Waals surface area contributed by atoms with Gasteiger partial charge >= 0.3 is 0 Å². The number of hydrogen-bond donors (Lipinski definition) is 2. The van der Waals surface area contributed by atoms with E-state index in [1.54, 1.807) is 19.2 Å². The molecule has 2 N–H and O–H groups in total. The van der Waals surface area contributed by atoms with E-state index in [0.717, 1.165) is 10.6 Å². The molecule has 0 radical (unpaired) electrons. The number of anilines is 1. The molecule has 2 aromatic rings. The fraction of sp³-hybridized carbons (Fsp3) is 0.312. The third-order valence-corrected chi connectivity index (χ3v) is 3.77. The SMILES string of the molecule is CNC(=O)c1ccc(NCC(C)(C)c2ccccc2Cl)nn1. The fourth-order valence-electron chi connectivity index (χ4n) is 2.09. The van der Waals surface area contributed by atoms with Crippen LogP contribution in [0.3, 0.4) is 0 Å². The molecule has 1 aromatic carbocycles. The summed E-state index contributed by atoms with van der Waals surface area (Å²) < 4.78 is 0. The molecule has 116 valence electrons. The van der Waals surface area contributed by atoms with Crippen LogP contribution in [-0.2, 0) is 5.41 Å². The molecule has 0 fully saturated rings. The minimum absolute atomic E-state index is 0.167. The summed E-state index contributed by atoms with van der Waals surface area (Å²) in [6.45, 7) is 4.85. The van der Waals surface area contributed by atoms with Crippen LogP contribution in [0.2, 0.25) is 5.02 Å². The molecule has 1 aromatic heterocycles. The molecule has 6 heteroatoms. The normalized spacial score (nSPS) is 11.1. The summed E-state index contributed by atoms with van der Waals surface area (Å²) >= 11 is 6.26. The zero-order valence-corrected chi connectivity index (χ0v) is 13.6. The van der Waals surface area contributed by atoms with E-state index in [-0.39, 0.29) is 11.3 Å². The number of amides is 1. The minimum atomic E-state index is -0.254. The van der Waals surface area contributed by atoms with E-state index in [2.05, 4.69) is 34.7 Å². The summed E-state index contributed by atoms with van der Waals surface area (Å²) in [6.07, 6.45) is 0. The predicted octanol–water partition coefficient (Wildman–Crippen LogP) is 2.88. The highest BCUT2D eigenvalue weighted by molar-refractivity contribution is 6.31. The van der Waals surface area contributed by atoms with Crippen molar-refractivity contribution in [2.24, 2.45) is 0 Å². The van der Waals surface area contributed by atoms with Crippen LogP contribution >= 0.6 is 11.6 Å². The lowest BCUT2D eigenvalue weighted by atomic mass is 9.84. The van der Waals surface area contributed by atoms with E-state index in [1.165, 1.54) is 0 Å². The van der Waals surface area contributed by atoms with E-state index < -0.39 is 0 Å². The summed E-state index contributed by atoms with van der Waals surface area (Å²) in [5, 5.41) is 14.4. The van der Waals surface area contributed by atoms with Gasteiger partial charge in [-0.1, -0.05) is 43.6 Å². The van der Waals surface area contributed by atoms with Crippen LogP contribution < -0.4 is 10.6 Å². The van der Waals surface area contributed by atoms with Crippen molar-refractivity contribution in [3.8, 4) is 0 Å². The lowest BCUT2D eigenvalue weighted by Crippen LogP contribution is -2.28. The molecule has 0 aliphatic rings. The Kier molecular flexibility index (Phi) is 4.98. The van der Waals surface area contributed by atoms with Gasteiger partial charge in [0.1, 0.15) is 5.82 Å². The van der Waals surface area contributed by atoms with E-state index in [9.17, 15) is 4.79 Å². The van der Waals surface area contributed by atoms with Crippen LogP contribution in [0.4, 0.5) is 5.82 Å². The monoisotopic (exact) mass is 318 g/mol. The van der Waals surface area contributed by atoms with Gasteiger partial charge in [-0.3, -0.25) is 4.79 Å². The lowest BCUT2D eigenvalue weighted by Gasteiger charge is -2.26. The van der Waals surface area contributed by atoms with Gasteiger partial charge in [0.05, 0.1) is 0 Å². The molecule has 1 heterocycles. The van der Waals surface area contributed by atoms with Crippen LogP contribution in [0.5, 0.6) is 0 Å². The largest absolute Gasteiger partial charge is 0.368 e. The molecule has 5 nitrogen and oxygen atoms in total. The predicted molar refractivity (Wildman–Crippen MR) is 88.4 cm³/mol. The van der Waals surface area contributed by atoms with E-state index in [0.29, 0.717) is 18.1 Å². The molecule has 0 aliphatic heterocycles. The number of benzene rings is 1. The Labute approximate surface area is 135 Å². The number of nitrogens with zero attached hydrogens (tertiary/aromatic N) is 2. The van der Waals surface area contributed by atoms with Crippen molar-refractivity contribution in [1.82, 2.24) is 15.5 Å². The van der Waals surface area contributed by atoms with Gasteiger partial charge in [-0.15, -0.1) is 10.2 Å². The molecule has 0 atom stereocenters. The summed E-state index contributed by atoms with van der Waals surface area (Å²) in [5.41, 5.74) is 1.19. The van der Waals surface area contributed by atoms with Crippen molar-refractivity contribution in [2.75, 3.05) is 18.9 Å². The standard InChI is InChI=1S/C16H19ClN4O/c1-16(2,11-6-4-5-7-12(11)17)10-19-14-9-8-13(20-21-14)15(22)18-3/h4-9H,10H2,1-3H3,(H,18,22)(H,19,21). The summed E-state index contributed by atoms with van der Waals surface area (Å²) in [5.74, 6) is 0.364. The third-order valence-electron chi connectivity index (χ3n) is 3.44. The number of rotatable bonds is 5. The van der Waals surface area contributed by atoms with Crippen LogP contribution in [-0.4, -0.2) is 29.7 Å². The lowest BCUT2D eigenvalue weighted by molar-refractivity contribution is 0.0957. The van der Waals surface area contributed by atoms with Crippen molar-refractivity contribution in [3.05, 3.63) is 52.7 Å². The molecule has 0 spiro atoms. The zero-order chi connectivity index (χ0) is 16.2. The molecule has 0 saturated carbocycles. The summed E-state index contributed by atoms with van der Waals surface area (Å²) in [7, 11) is 1.56. The topological polar surface area (TPSA) is 66.9 Å². The number of carbonyl (C=O) groups excluding carboxylic acids is 1. The van der Waals surface area contributed by atoms with E-state index in [4.69, 9.17) is 11.6 Å². The molecular formula is C16H19ClN4O. The maximum absolute atomic E-state index is 11.4. The first-order chi connectivity index (χ1) is 10.4. The molecule has 0 bridgehead atoms. The Morgan fingerprint density at radius 2 is 1.91 bits per heavy atom. The quantitative estimate of drug-likeness (QED) is 0.889. The van der Waals surface area contributed by atoms with Gasteiger partial charge in [-0.25, -0.2) is 0 Å². The third kappa shape index (κ3) is 3.74. The zero-order valence-electron chi connectivity index (χ0n) is 12.9. The second-order valence-electron chi connectivity index (χ2n) is 5.60. The Morgan fingerprint density at radius 1 is 1.18 bits per heavy atom. The van der Waals surface area contributed by atoms with Crippen molar-refractivity contribution in [3.63, 3.8) is 0 Å². The van der Waals surface area contributed by atoms with Gasteiger partial charge in [0.15, 0.2) is 5.69 Å². The summed E-state index contributed by atoms with van der Waals surface area (Å²) in [6, 6.07) is 11.2. The maximum atomic E-state index is 11.4. The Hall–Kier alpha value is -2.14. The molecule has 22 heavy (non-hydrogen) atoms. The van der Waals surface area contributed by atoms with Gasteiger partial charge in [0, 0.05) is 24.0 Å². The Balaban J connectivity index is 2.06. The van der Waals surface area contributed by atoms with Gasteiger partial charge in [0.25, 0.3) is 5.91 Å². The molecule has 0 saturated heterocycles. The Morgan fingerprint density at radius 3 is 2.50 bits per heavy atom. The van der Waals surface area contributed by atoms with E-state index in [1.807, 2.05) is 24.3 Å². The van der Waals surface area contributed by atoms with Gasteiger partial charge in [-0.2, -0.15) is 0 Å². The van der Waals surface area contributed by atoms with Crippen molar-refractivity contribution < 1.29 is 4.79 Å². The highest BCUT2D eigenvalue weighted by atomic mass is 35.5. The van der Waals surface area contributed by atoms with Crippen LogP contribution in [0.15, 0.2) is 36.4 Å². The first-order valence-electron chi connectivity index (χ1n) is 6.99. The number of hydrogen-bond acceptors (Lipinski definition) is 4. The van der Waals surface area contributed by atoms with Crippen LogP contribution in [0.1, 0.15) is 29.9 Å². The average Bonchev–Trinajstić information content (AvgIpc) is 2.53. The average molecular weight is 319 g/mol. The van der Waals surface area contributed by atoms with Gasteiger partial charge in [-0.05, 0) is 23.8 Å². The summed E-state index contributed by atoms with van der Waals surface area (Å²) in [4.78, 5) is 11.4.